The van der Waals surface area contributed by atoms with E-state index in [2.05, 4.69) is 31.0 Å². The molecule has 1 aliphatic heterocycles. The van der Waals surface area contributed by atoms with Crippen LogP contribution in [-0.2, 0) is 18.1 Å². The molecule has 2 nitrogen and oxygen atoms in total. The number of nitrogens with one attached hydrogen (secondary N) is 1. The second-order valence-electron chi connectivity index (χ2n) is 8.87. The fraction of sp³-hybridized carbons (Fsp3) is 0.750. The molecular formula is C24H39F3N2. The monoisotopic (exact) mass is 412 g/mol. The average molecular weight is 413 g/mol. The van der Waals surface area contributed by atoms with Gasteiger partial charge in [-0.2, -0.15) is 13.2 Å². The molecule has 1 unspecified atom stereocenters. The lowest BCUT2D eigenvalue weighted by atomic mass is 9.73. The van der Waals surface area contributed by atoms with Gasteiger partial charge in [0.2, 0.25) is 0 Å². The van der Waals surface area contributed by atoms with Crippen molar-refractivity contribution in [3.8, 4) is 0 Å². The molecule has 1 aliphatic rings. The maximum absolute atomic E-state index is 13.9. The van der Waals surface area contributed by atoms with Crippen molar-refractivity contribution in [1.82, 2.24) is 10.2 Å². The van der Waals surface area contributed by atoms with Crippen LogP contribution in [0.5, 0.6) is 0 Å². The van der Waals surface area contributed by atoms with Crippen molar-refractivity contribution in [2.45, 2.75) is 90.3 Å². The first-order valence-electron chi connectivity index (χ1n) is 11.4. The van der Waals surface area contributed by atoms with Gasteiger partial charge in [0.15, 0.2) is 0 Å². The van der Waals surface area contributed by atoms with Crippen LogP contribution in [0.1, 0.15) is 88.8 Å². The summed E-state index contributed by atoms with van der Waals surface area (Å²) in [7, 11) is 0. The van der Waals surface area contributed by atoms with Gasteiger partial charge in [0, 0.05) is 32.7 Å². The molecular weight excluding hydrogens is 373 g/mol. The van der Waals surface area contributed by atoms with Crippen LogP contribution >= 0.6 is 0 Å². The fourth-order valence-electron chi connectivity index (χ4n) is 4.39. The highest BCUT2D eigenvalue weighted by Gasteiger charge is 2.36. The lowest BCUT2D eigenvalue weighted by molar-refractivity contribution is -0.138. The molecule has 1 fully saturated rings. The van der Waals surface area contributed by atoms with Crippen LogP contribution in [-0.4, -0.2) is 31.1 Å². The van der Waals surface area contributed by atoms with E-state index in [-0.39, 0.29) is 5.41 Å². The third-order valence-electron chi connectivity index (χ3n) is 6.38. The average Bonchev–Trinajstić information content (AvgIpc) is 2.70. The first-order chi connectivity index (χ1) is 13.8. The Balaban J connectivity index is 2.28. The Kier molecular flexibility index (Phi) is 9.48. The number of rotatable bonds is 11. The molecule has 2 rings (SSSR count). The molecule has 0 bridgehead atoms. The van der Waals surface area contributed by atoms with Crippen LogP contribution in [0, 0.1) is 0 Å². The summed E-state index contributed by atoms with van der Waals surface area (Å²) in [6.45, 7) is 10.1. The summed E-state index contributed by atoms with van der Waals surface area (Å²) in [4.78, 5) is 2.11. The number of piperazine rings is 1. The fourth-order valence-corrected chi connectivity index (χ4v) is 4.39. The summed E-state index contributed by atoms with van der Waals surface area (Å²) in [5.74, 6) is 0. The van der Waals surface area contributed by atoms with Crippen LogP contribution < -0.4 is 5.32 Å². The Morgan fingerprint density at radius 3 is 2.21 bits per heavy atom. The van der Waals surface area contributed by atoms with Gasteiger partial charge in [0.05, 0.1) is 5.56 Å². The second kappa shape index (κ2) is 11.4. The quantitative estimate of drug-likeness (QED) is 0.416. The summed E-state index contributed by atoms with van der Waals surface area (Å²) in [5.41, 5.74) is 0.646. The highest BCUT2D eigenvalue weighted by molar-refractivity contribution is 5.38. The van der Waals surface area contributed by atoms with Crippen LogP contribution in [0.4, 0.5) is 13.2 Å². The number of alkyl halides is 3. The minimum absolute atomic E-state index is 0.183. The molecule has 166 valence electrons. The number of hydrogen-bond donors (Lipinski definition) is 1. The maximum Gasteiger partial charge on any atom is 0.416 e. The lowest BCUT2D eigenvalue weighted by Gasteiger charge is -2.33. The molecule has 1 atom stereocenters. The van der Waals surface area contributed by atoms with Crippen LogP contribution in [0.15, 0.2) is 18.2 Å². The number of hydrogen-bond acceptors (Lipinski definition) is 2. The van der Waals surface area contributed by atoms with E-state index in [9.17, 15) is 13.2 Å². The van der Waals surface area contributed by atoms with Crippen molar-refractivity contribution >= 4 is 0 Å². The predicted molar refractivity (Wildman–Crippen MR) is 115 cm³/mol. The zero-order valence-electron chi connectivity index (χ0n) is 18.5. The van der Waals surface area contributed by atoms with Gasteiger partial charge in [0.1, 0.15) is 0 Å². The summed E-state index contributed by atoms with van der Waals surface area (Å²) >= 11 is 0. The van der Waals surface area contributed by atoms with Crippen molar-refractivity contribution in [3.05, 3.63) is 34.9 Å². The van der Waals surface area contributed by atoms with Gasteiger partial charge >= 0.3 is 6.18 Å². The minimum atomic E-state index is -4.31. The molecule has 1 saturated heterocycles. The molecule has 0 aromatic heterocycles. The first-order valence-corrected chi connectivity index (χ1v) is 11.4. The van der Waals surface area contributed by atoms with Crippen molar-refractivity contribution in [3.63, 3.8) is 0 Å². The van der Waals surface area contributed by atoms with Crippen molar-refractivity contribution in [1.29, 1.82) is 0 Å². The summed E-state index contributed by atoms with van der Waals surface area (Å²) in [6.07, 6.45) is 4.32. The number of nitrogens with zero attached hydrogens (tertiary/aromatic N) is 1. The Morgan fingerprint density at radius 1 is 0.931 bits per heavy atom. The van der Waals surface area contributed by atoms with Crippen molar-refractivity contribution in [2.24, 2.45) is 0 Å². The number of halogens is 3. The van der Waals surface area contributed by atoms with E-state index in [0.29, 0.717) is 12.1 Å². The molecule has 1 N–H and O–H groups in total. The molecule has 0 radical (unpaired) electrons. The highest BCUT2D eigenvalue weighted by atomic mass is 19.4. The predicted octanol–water partition coefficient (Wildman–Crippen LogP) is 6.53. The van der Waals surface area contributed by atoms with Gasteiger partial charge < -0.3 is 5.32 Å². The largest absolute Gasteiger partial charge is 0.416 e. The lowest BCUT2D eigenvalue weighted by Crippen LogP contribution is -2.43. The van der Waals surface area contributed by atoms with Gasteiger partial charge in [-0.15, -0.1) is 0 Å². The summed E-state index contributed by atoms with van der Waals surface area (Å²) in [6, 6.07) is 5.19. The van der Waals surface area contributed by atoms with Gasteiger partial charge in [-0.25, -0.2) is 0 Å². The molecule has 1 heterocycles. The van der Waals surface area contributed by atoms with E-state index < -0.39 is 11.7 Å². The molecule has 0 aliphatic carbocycles. The minimum Gasteiger partial charge on any atom is -0.314 e. The molecule has 0 amide bonds. The van der Waals surface area contributed by atoms with Crippen molar-refractivity contribution < 1.29 is 13.2 Å². The van der Waals surface area contributed by atoms with E-state index in [1.165, 1.54) is 18.9 Å². The number of unbranched alkanes of at least 4 members (excludes halogenated alkanes) is 4. The smallest absolute Gasteiger partial charge is 0.314 e. The second-order valence-corrected chi connectivity index (χ2v) is 8.87. The summed E-state index contributed by atoms with van der Waals surface area (Å²) in [5, 5.41) is 3.26. The number of benzene rings is 1. The van der Waals surface area contributed by atoms with E-state index >= 15 is 0 Å². The van der Waals surface area contributed by atoms with E-state index in [1.54, 1.807) is 6.07 Å². The van der Waals surface area contributed by atoms with Gasteiger partial charge in [-0.1, -0.05) is 71.4 Å². The van der Waals surface area contributed by atoms with E-state index in [1.807, 2.05) is 6.07 Å². The maximum atomic E-state index is 13.9. The third-order valence-corrected chi connectivity index (χ3v) is 6.38. The molecule has 0 spiro atoms. The highest BCUT2D eigenvalue weighted by Crippen LogP contribution is 2.40. The molecule has 5 heteroatoms. The zero-order valence-corrected chi connectivity index (χ0v) is 18.5. The Morgan fingerprint density at radius 2 is 1.59 bits per heavy atom. The molecule has 1 aromatic rings. The SMILES string of the molecule is CCCCCCC(C)(CCCC)c1ccc(CN2CCNCC2)c(C(F)(F)F)c1. The standard InChI is InChI=1S/C24H39F3N2/c1-4-6-8-9-13-23(3,12-7-5-2)21-11-10-20(22(18-21)24(25,26)27)19-29-16-14-28-15-17-29/h10-11,18,28H,4-9,12-17,19H2,1-3H3. The Labute approximate surface area is 175 Å². The van der Waals surface area contributed by atoms with Gasteiger partial charge in [-0.05, 0) is 35.4 Å². The Bertz CT molecular complexity index is 609. The van der Waals surface area contributed by atoms with Crippen molar-refractivity contribution in [2.75, 3.05) is 26.2 Å². The molecule has 29 heavy (non-hydrogen) atoms. The van der Waals surface area contributed by atoms with Crippen LogP contribution in [0.2, 0.25) is 0 Å². The topological polar surface area (TPSA) is 15.3 Å². The van der Waals surface area contributed by atoms with Gasteiger partial charge in [0.25, 0.3) is 0 Å². The first kappa shape index (κ1) is 24.2. The van der Waals surface area contributed by atoms with E-state index in [4.69, 9.17) is 0 Å². The van der Waals surface area contributed by atoms with Crippen LogP contribution in [0.3, 0.4) is 0 Å². The third kappa shape index (κ3) is 7.29. The normalized spacial score (nSPS) is 18.0. The van der Waals surface area contributed by atoms with E-state index in [0.717, 1.165) is 70.3 Å². The molecule has 0 saturated carbocycles. The summed E-state index contributed by atoms with van der Waals surface area (Å²) < 4.78 is 41.8. The zero-order chi connectivity index (χ0) is 21.3. The van der Waals surface area contributed by atoms with Crippen LogP contribution in [0.25, 0.3) is 0 Å². The van der Waals surface area contributed by atoms with Gasteiger partial charge in [-0.3, -0.25) is 4.90 Å². The molecule has 1 aromatic carbocycles. The Hall–Kier alpha value is -1.07.